The predicted octanol–water partition coefficient (Wildman–Crippen LogP) is 1.69. The zero-order valence-corrected chi connectivity index (χ0v) is 14.1. The van der Waals surface area contributed by atoms with Crippen LogP contribution in [-0.4, -0.2) is 36.4 Å². The fraction of sp³-hybridized carbons (Fsp3) is 0.467. The number of carbonyl (C=O) groups excluding carboxylic acids is 2. The topological polar surface area (TPSA) is 84.7 Å². The summed E-state index contributed by atoms with van der Waals surface area (Å²) in [5.74, 6) is 5.34. The van der Waals surface area contributed by atoms with Crippen molar-refractivity contribution in [2.45, 2.75) is 19.8 Å². The first-order valence-electron chi connectivity index (χ1n) is 7.29. The van der Waals surface area contributed by atoms with Crippen molar-refractivity contribution >= 4 is 27.7 Å². The second-order valence-electron chi connectivity index (χ2n) is 5.18. The molecule has 0 spiro atoms. The maximum absolute atomic E-state index is 12.6. The van der Waals surface area contributed by atoms with Crippen LogP contribution in [0.2, 0.25) is 0 Å². The van der Waals surface area contributed by atoms with E-state index in [1.165, 1.54) is 0 Å². The Labute approximate surface area is 138 Å². The van der Waals surface area contributed by atoms with Gasteiger partial charge in [0.05, 0.1) is 17.0 Å². The standard InChI is InChI=1S/C15H20BrN3O3/c1-2-22-13-6-5-10(8-12(13)16)15(21)19-7-3-4-11(9-19)14(20)18-17/h5-6,8,11H,2-4,7,9,17H2,1H3,(H,18,20). The quantitative estimate of drug-likeness (QED) is 0.480. The van der Waals surface area contributed by atoms with Gasteiger partial charge in [-0.25, -0.2) is 5.84 Å². The highest BCUT2D eigenvalue weighted by molar-refractivity contribution is 9.10. The summed E-state index contributed by atoms with van der Waals surface area (Å²) >= 11 is 3.41. The van der Waals surface area contributed by atoms with Gasteiger partial charge in [-0.05, 0) is 53.9 Å². The number of nitrogens with one attached hydrogen (secondary N) is 1. The Morgan fingerprint density at radius 1 is 1.50 bits per heavy atom. The van der Waals surface area contributed by atoms with E-state index >= 15 is 0 Å². The van der Waals surface area contributed by atoms with E-state index in [0.717, 1.165) is 17.3 Å². The van der Waals surface area contributed by atoms with Gasteiger partial charge in [0.15, 0.2) is 0 Å². The number of nitrogens with zero attached hydrogens (tertiary/aromatic N) is 1. The first-order valence-corrected chi connectivity index (χ1v) is 8.08. The third-order valence-corrected chi connectivity index (χ3v) is 4.32. The number of likely N-dealkylation sites (tertiary alicyclic amines) is 1. The number of piperidine rings is 1. The van der Waals surface area contributed by atoms with Crippen LogP contribution in [-0.2, 0) is 4.79 Å². The Bertz CT molecular complexity index is 565. The first-order chi connectivity index (χ1) is 10.6. The molecular weight excluding hydrogens is 350 g/mol. The number of benzene rings is 1. The highest BCUT2D eigenvalue weighted by Crippen LogP contribution is 2.27. The second-order valence-corrected chi connectivity index (χ2v) is 6.03. The molecule has 1 aliphatic rings. The molecule has 2 rings (SSSR count). The minimum atomic E-state index is -0.242. The van der Waals surface area contributed by atoms with Crippen LogP contribution in [0.3, 0.4) is 0 Å². The van der Waals surface area contributed by atoms with Crippen LogP contribution in [0.4, 0.5) is 0 Å². The van der Waals surface area contributed by atoms with Crippen molar-refractivity contribution < 1.29 is 14.3 Å². The van der Waals surface area contributed by atoms with Crippen LogP contribution in [0.1, 0.15) is 30.1 Å². The van der Waals surface area contributed by atoms with Crippen molar-refractivity contribution in [2.75, 3.05) is 19.7 Å². The summed E-state index contributed by atoms with van der Waals surface area (Å²) in [5.41, 5.74) is 2.74. The maximum Gasteiger partial charge on any atom is 0.253 e. The lowest BCUT2D eigenvalue weighted by Crippen LogP contribution is -2.47. The third kappa shape index (κ3) is 3.78. The summed E-state index contributed by atoms with van der Waals surface area (Å²) in [6.07, 6.45) is 1.54. The number of nitrogens with two attached hydrogens (primary N) is 1. The largest absolute Gasteiger partial charge is 0.493 e. The second kappa shape index (κ2) is 7.60. The van der Waals surface area contributed by atoms with Crippen molar-refractivity contribution in [1.82, 2.24) is 10.3 Å². The van der Waals surface area contributed by atoms with Crippen molar-refractivity contribution in [3.63, 3.8) is 0 Å². The van der Waals surface area contributed by atoms with Crippen molar-refractivity contribution in [1.29, 1.82) is 0 Å². The molecule has 0 bridgehead atoms. The minimum absolute atomic E-state index is 0.0849. The van der Waals surface area contributed by atoms with Crippen LogP contribution in [0.15, 0.2) is 22.7 Å². The van der Waals surface area contributed by atoms with Gasteiger partial charge in [0.1, 0.15) is 5.75 Å². The van der Waals surface area contributed by atoms with E-state index in [-0.39, 0.29) is 17.7 Å². The molecule has 1 atom stereocenters. The molecule has 1 saturated heterocycles. The molecule has 0 radical (unpaired) electrons. The lowest BCUT2D eigenvalue weighted by atomic mass is 9.97. The number of hydrogen-bond acceptors (Lipinski definition) is 4. The molecule has 1 heterocycles. The Morgan fingerprint density at radius 2 is 2.27 bits per heavy atom. The van der Waals surface area contributed by atoms with Crippen LogP contribution >= 0.6 is 15.9 Å². The van der Waals surface area contributed by atoms with Crippen LogP contribution in [0.5, 0.6) is 5.75 Å². The smallest absolute Gasteiger partial charge is 0.253 e. The zero-order valence-electron chi connectivity index (χ0n) is 12.5. The molecule has 1 aliphatic heterocycles. The van der Waals surface area contributed by atoms with E-state index in [0.29, 0.717) is 31.0 Å². The lowest BCUT2D eigenvalue weighted by molar-refractivity contribution is -0.126. The van der Waals surface area contributed by atoms with Crippen molar-refractivity contribution in [2.24, 2.45) is 11.8 Å². The Kier molecular flexibility index (Phi) is 5.79. The van der Waals surface area contributed by atoms with E-state index in [1.807, 2.05) is 6.92 Å². The van der Waals surface area contributed by atoms with Gasteiger partial charge in [-0.1, -0.05) is 0 Å². The van der Waals surface area contributed by atoms with Gasteiger partial charge < -0.3 is 9.64 Å². The highest BCUT2D eigenvalue weighted by Gasteiger charge is 2.28. The molecule has 7 heteroatoms. The number of halogens is 1. The predicted molar refractivity (Wildman–Crippen MR) is 86.3 cm³/mol. The summed E-state index contributed by atoms with van der Waals surface area (Å²) < 4.78 is 6.19. The minimum Gasteiger partial charge on any atom is -0.493 e. The van der Waals surface area contributed by atoms with Crippen LogP contribution in [0.25, 0.3) is 0 Å². The average molecular weight is 370 g/mol. The summed E-state index contributed by atoms with van der Waals surface area (Å²) in [7, 11) is 0. The number of carbonyl (C=O) groups is 2. The maximum atomic E-state index is 12.6. The molecule has 6 nitrogen and oxygen atoms in total. The fourth-order valence-corrected chi connectivity index (χ4v) is 3.08. The molecule has 0 aromatic heterocycles. The fourth-order valence-electron chi connectivity index (χ4n) is 2.58. The number of ether oxygens (including phenoxy) is 1. The van der Waals surface area contributed by atoms with Gasteiger partial charge in [-0.2, -0.15) is 0 Å². The Balaban J connectivity index is 2.10. The molecule has 120 valence electrons. The van der Waals surface area contributed by atoms with E-state index in [9.17, 15) is 9.59 Å². The van der Waals surface area contributed by atoms with E-state index in [1.54, 1.807) is 23.1 Å². The van der Waals surface area contributed by atoms with Gasteiger partial charge in [0.25, 0.3) is 5.91 Å². The normalized spacial score (nSPS) is 18.0. The highest BCUT2D eigenvalue weighted by atomic mass is 79.9. The SMILES string of the molecule is CCOc1ccc(C(=O)N2CCCC(C(=O)NN)C2)cc1Br. The molecule has 1 aromatic carbocycles. The van der Waals surface area contributed by atoms with Crippen LogP contribution in [0, 0.1) is 5.92 Å². The molecule has 22 heavy (non-hydrogen) atoms. The van der Waals surface area contributed by atoms with Gasteiger partial charge in [0, 0.05) is 18.7 Å². The summed E-state index contributed by atoms with van der Waals surface area (Å²) in [6.45, 7) is 3.51. The summed E-state index contributed by atoms with van der Waals surface area (Å²) in [5, 5.41) is 0. The van der Waals surface area contributed by atoms with Crippen molar-refractivity contribution in [3.05, 3.63) is 28.2 Å². The van der Waals surface area contributed by atoms with Gasteiger partial charge >= 0.3 is 0 Å². The lowest BCUT2D eigenvalue weighted by Gasteiger charge is -2.31. The molecular formula is C15H20BrN3O3. The first kappa shape index (κ1) is 16.8. The monoisotopic (exact) mass is 369 g/mol. The number of hydrogen-bond donors (Lipinski definition) is 2. The summed E-state index contributed by atoms with van der Waals surface area (Å²) in [6, 6.07) is 5.26. The third-order valence-electron chi connectivity index (χ3n) is 3.70. The molecule has 3 N–H and O–H groups in total. The summed E-state index contributed by atoms with van der Waals surface area (Å²) in [4.78, 5) is 25.9. The van der Waals surface area contributed by atoms with Crippen LogP contribution < -0.4 is 16.0 Å². The number of amides is 2. The van der Waals surface area contributed by atoms with Gasteiger partial charge in [-0.15, -0.1) is 0 Å². The average Bonchev–Trinajstić information content (AvgIpc) is 2.55. The van der Waals surface area contributed by atoms with E-state index < -0.39 is 0 Å². The Hall–Kier alpha value is -1.60. The molecule has 0 aliphatic carbocycles. The molecule has 1 unspecified atom stereocenters. The Morgan fingerprint density at radius 3 is 2.91 bits per heavy atom. The van der Waals surface area contributed by atoms with E-state index in [2.05, 4.69) is 21.4 Å². The van der Waals surface area contributed by atoms with Gasteiger partial charge in [-0.3, -0.25) is 15.0 Å². The van der Waals surface area contributed by atoms with Gasteiger partial charge in [0.2, 0.25) is 5.91 Å². The number of hydrazine groups is 1. The molecule has 1 aromatic rings. The molecule has 0 saturated carbocycles. The van der Waals surface area contributed by atoms with E-state index in [4.69, 9.17) is 10.6 Å². The molecule has 1 fully saturated rings. The zero-order chi connectivity index (χ0) is 16.1. The molecule has 2 amide bonds. The van der Waals surface area contributed by atoms with Crippen molar-refractivity contribution in [3.8, 4) is 5.75 Å². The number of rotatable bonds is 4.